The van der Waals surface area contributed by atoms with Gasteiger partial charge in [0.25, 0.3) is 0 Å². The monoisotopic (exact) mass is 599 g/mol. The number of fused-ring (bicyclic) bond motifs is 3. The summed E-state index contributed by atoms with van der Waals surface area (Å²) in [6.07, 6.45) is 2.05. The van der Waals surface area contributed by atoms with Crippen molar-refractivity contribution in [3.63, 3.8) is 0 Å². The van der Waals surface area contributed by atoms with Gasteiger partial charge in [-0.1, -0.05) is 12.1 Å². The van der Waals surface area contributed by atoms with Crippen LogP contribution in [0.25, 0.3) is 86.2 Å². The molecule has 0 aromatic heterocycles. The fourth-order valence-electron chi connectivity index (χ4n) is 11.9. The molecule has 0 saturated carbocycles. The number of hydrogen-bond acceptors (Lipinski definition) is 3. The van der Waals surface area contributed by atoms with Crippen molar-refractivity contribution in [1.29, 1.82) is 0 Å². The van der Waals surface area contributed by atoms with Crippen LogP contribution in [0.15, 0.2) is 30.3 Å². The molecule has 0 radical (unpaired) electrons. The lowest BCUT2D eigenvalue weighted by atomic mass is 9.72. The fourth-order valence-corrected chi connectivity index (χ4v) is 11.9. The van der Waals surface area contributed by atoms with Crippen molar-refractivity contribution in [1.82, 2.24) is 0 Å². The van der Waals surface area contributed by atoms with Crippen LogP contribution in [0, 0.1) is 6.07 Å². The fraction of sp³-hybridized carbons (Fsp3) is 0.333. The Kier molecular flexibility index (Phi) is 3.95. The Bertz CT molecular complexity index is 2760. The SMILES string of the molecule is COCCOCCOCC1C2c3cc4c5c6c(cc7ccc8[c+]c9c%10c%11c(cc(c%12c3c5c(c%12%11)c3c%10c8c7c63)C2C[N+]1(C)C)C9)C4. The summed E-state index contributed by atoms with van der Waals surface area (Å²) < 4.78 is 18.3. The van der Waals surface area contributed by atoms with E-state index in [0.29, 0.717) is 44.3 Å². The first-order valence-electron chi connectivity index (χ1n) is 17.2. The second-order valence-corrected chi connectivity index (χ2v) is 15.7. The average Bonchev–Trinajstić information content (AvgIpc) is 3.82. The number of hydrogen-bond donors (Lipinski definition) is 0. The van der Waals surface area contributed by atoms with Gasteiger partial charge in [-0.15, -0.1) is 0 Å². The quantitative estimate of drug-likeness (QED) is 0.0766. The molecule has 1 heterocycles. The molecule has 3 aliphatic carbocycles. The summed E-state index contributed by atoms with van der Waals surface area (Å²) in [5.41, 5.74) is 9.28. The smallest absolute Gasteiger partial charge is 0.156 e. The van der Waals surface area contributed by atoms with Gasteiger partial charge in [-0.3, -0.25) is 0 Å². The van der Waals surface area contributed by atoms with Gasteiger partial charge in [0.2, 0.25) is 0 Å². The highest BCUT2D eigenvalue weighted by Crippen LogP contribution is 2.66. The van der Waals surface area contributed by atoms with Crippen molar-refractivity contribution in [3.05, 3.63) is 69.8 Å². The molecule has 3 atom stereocenters. The standard InChI is InChI=1S/C42H33NO3/c1-43(2)16-26-24-14-22-12-20-10-18-4-5-19-11-21-13-23-15-25(34(26)27(43)17-46-9-8-45-7-6-44-3)36-35(24)39-32(22)30(20)37-28(18)29(19)38-31(21)33(23)40(36)42(39)41(37)38/h4-5,11,14-15,26-27,34H,6-9,12-13,16-17H2,1-3H3/q+2. The van der Waals surface area contributed by atoms with Crippen LogP contribution in [0.2, 0.25) is 0 Å². The van der Waals surface area contributed by atoms with Gasteiger partial charge in [-0.2, -0.15) is 0 Å². The van der Waals surface area contributed by atoms with Gasteiger partial charge in [0.05, 0.1) is 75.8 Å². The zero-order chi connectivity index (χ0) is 30.0. The minimum atomic E-state index is 0.393. The lowest BCUT2D eigenvalue weighted by molar-refractivity contribution is -0.903. The Morgan fingerprint density at radius 3 is 2.15 bits per heavy atom. The molecular weight excluding hydrogens is 566 g/mol. The highest BCUT2D eigenvalue weighted by atomic mass is 16.5. The van der Waals surface area contributed by atoms with Crippen LogP contribution in [0.5, 0.6) is 0 Å². The van der Waals surface area contributed by atoms with E-state index in [4.69, 9.17) is 14.2 Å². The summed E-state index contributed by atoms with van der Waals surface area (Å²) in [7, 11) is 6.61. The van der Waals surface area contributed by atoms with Gasteiger partial charge in [-0.05, 0) is 73.3 Å². The Morgan fingerprint density at radius 2 is 1.30 bits per heavy atom. The van der Waals surface area contributed by atoms with E-state index in [1.54, 1.807) is 88.6 Å². The predicted molar refractivity (Wildman–Crippen MR) is 187 cm³/mol. The molecule has 0 amide bonds. The molecule has 1 aliphatic heterocycles. The van der Waals surface area contributed by atoms with Crippen molar-refractivity contribution in [3.8, 4) is 0 Å². The summed E-state index contributed by atoms with van der Waals surface area (Å²) in [5.74, 6) is 0.932. The average molecular weight is 600 g/mol. The van der Waals surface area contributed by atoms with E-state index < -0.39 is 0 Å². The molecule has 1 saturated heterocycles. The van der Waals surface area contributed by atoms with Crippen LogP contribution in [-0.2, 0) is 27.1 Å². The molecule has 4 heteroatoms. The van der Waals surface area contributed by atoms with Crippen molar-refractivity contribution in [2.45, 2.75) is 30.7 Å². The summed E-state index contributed by atoms with van der Waals surface area (Å²) >= 11 is 0. The summed E-state index contributed by atoms with van der Waals surface area (Å²) in [6, 6.07) is 17.0. The molecule has 222 valence electrons. The summed E-state index contributed by atoms with van der Waals surface area (Å²) in [5, 5.41) is 24.5. The zero-order valence-electron chi connectivity index (χ0n) is 26.4. The lowest BCUT2D eigenvalue weighted by Crippen LogP contribution is -2.48. The van der Waals surface area contributed by atoms with Crippen molar-refractivity contribution in [2.24, 2.45) is 0 Å². The molecule has 0 bridgehead atoms. The van der Waals surface area contributed by atoms with Crippen LogP contribution in [0.4, 0.5) is 0 Å². The third kappa shape index (κ3) is 2.36. The number of rotatable bonds is 8. The van der Waals surface area contributed by atoms with Crippen LogP contribution in [0.3, 0.4) is 0 Å². The Hall–Kier alpha value is -3.89. The van der Waals surface area contributed by atoms with E-state index in [9.17, 15) is 0 Å². The largest absolute Gasteiger partial charge is 0.382 e. The van der Waals surface area contributed by atoms with Crippen LogP contribution >= 0.6 is 0 Å². The first-order chi connectivity index (χ1) is 22.5. The van der Waals surface area contributed by atoms with Crippen molar-refractivity contribution >= 4 is 86.2 Å². The Balaban J connectivity index is 1.14. The molecule has 9 aromatic rings. The number of likely N-dealkylation sites (tertiary alicyclic amines) is 1. The van der Waals surface area contributed by atoms with E-state index in [1.165, 1.54) is 38.1 Å². The molecule has 4 nitrogen and oxygen atoms in total. The maximum absolute atomic E-state index is 6.46. The molecule has 3 unspecified atom stereocenters. The topological polar surface area (TPSA) is 27.7 Å². The molecule has 9 aromatic carbocycles. The van der Waals surface area contributed by atoms with E-state index >= 15 is 0 Å². The van der Waals surface area contributed by atoms with Gasteiger partial charge in [-0.25, -0.2) is 0 Å². The highest BCUT2D eigenvalue weighted by molar-refractivity contribution is 6.58. The summed E-state index contributed by atoms with van der Waals surface area (Å²) in [4.78, 5) is 0. The second kappa shape index (κ2) is 7.47. The third-order valence-electron chi connectivity index (χ3n) is 13.4. The third-order valence-corrected chi connectivity index (χ3v) is 13.4. The summed E-state index contributed by atoms with van der Waals surface area (Å²) in [6.45, 7) is 4.39. The zero-order valence-corrected chi connectivity index (χ0v) is 26.4. The lowest BCUT2D eigenvalue weighted by Gasteiger charge is -2.34. The minimum Gasteiger partial charge on any atom is -0.382 e. The number of benzene rings is 7. The Labute approximate surface area is 265 Å². The molecule has 0 N–H and O–H groups in total. The van der Waals surface area contributed by atoms with Gasteiger partial charge in [0, 0.05) is 69.3 Å². The van der Waals surface area contributed by atoms with Crippen LogP contribution in [-0.4, -0.2) is 71.3 Å². The van der Waals surface area contributed by atoms with E-state index in [0.717, 1.165) is 30.5 Å². The van der Waals surface area contributed by atoms with Crippen LogP contribution < -0.4 is 0 Å². The first-order valence-corrected chi connectivity index (χ1v) is 17.2. The number of quaternary nitrogens is 1. The number of likely N-dealkylation sites (N-methyl/N-ethyl adjacent to an activating group) is 1. The normalized spacial score (nSPS) is 22.5. The maximum atomic E-state index is 6.46. The molecular formula is C42H33NO3+2. The van der Waals surface area contributed by atoms with E-state index in [-0.39, 0.29) is 0 Å². The van der Waals surface area contributed by atoms with Gasteiger partial charge in [0.1, 0.15) is 11.6 Å². The first kappa shape index (κ1) is 24.3. The van der Waals surface area contributed by atoms with Crippen LogP contribution in [0.1, 0.15) is 45.2 Å². The maximum Gasteiger partial charge on any atom is 0.156 e. The molecule has 0 spiro atoms. The van der Waals surface area contributed by atoms with E-state index in [2.05, 4.69) is 50.5 Å². The molecule has 46 heavy (non-hydrogen) atoms. The van der Waals surface area contributed by atoms with Crippen molar-refractivity contribution < 1.29 is 18.7 Å². The minimum absolute atomic E-state index is 0.393. The predicted octanol–water partition coefficient (Wildman–Crippen LogP) is 8.03. The number of methoxy groups -OCH3 is 1. The van der Waals surface area contributed by atoms with E-state index in [1.807, 2.05) is 0 Å². The van der Waals surface area contributed by atoms with Gasteiger partial charge >= 0.3 is 0 Å². The molecule has 13 rings (SSSR count). The molecule has 1 fully saturated rings. The second-order valence-electron chi connectivity index (χ2n) is 15.7. The Morgan fingerprint density at radius 1 is 0.652 bits per heavy atom. The van der Waals surface area contributed by atoms with Gasteiger partial charge < -0.3 is 18.7 Å². The van der Waals surface area contributed by atoms with Crippen molar-refractivity contribution in [2.75, 3.05) is 60.8 Å². The molecule has 4 aliphatic rings. The number of ether oxygens (including phenoxy) is 3. The number of nitrogens with zero attached hydrogens (tertiary/aromatic N) is 1. The van der Waals surface area contributed by atoms with Gasteiger partial charge in [0.15, 0.2) is 5.39 Å². The highest BCUT2D eigenvalue weighted by Gasteiger charge is 2.55.